The number of nitrogens with zero attached hydrogens (tertiary/aromatic N) is 1. The molecule has 4 aromatic rings. The summed E-state index contributed by atoms with van der Waals surface area (Å²) in [7, 11) is 2.99. The predicted molar refractivity (Wildman–Crippen MR) is 180 cm³/mol. The van der Waals surface area contributed by atoms with E-state index < -0.39 is 15.8 Å². The number of rotatable bonds is 9. The van der Waals surface area contributed by atoms with Gasteiger partial charge in [0.2, 0.25) is 0 Å². The van der Waals surface area contributed by atoms with Crippen molar-refractivity contribution in [3.05, 3.63) is 180 Å². The molecule has 2 atom stereocenters. The number of allylic oxidation sites excluding steroid dienone is 5. The van der Waals surface area contributed by atoms with Crippen LogP contribution in [0.15, 0.2) is 168 Å². The highest BCUT2D eigenvalue weighted by Crippen LogP contribution is 2.53. The topological polar surface area (TPSA) is 3.24 Å². The van der Waals surface area contributed by atoms with Gasteiger partial charge >= 0.3 is 0 Å². The minimum absolute atomic E-state index is 0.0750. The minimum Gasteiger partial charge on any atom is -0.298 e. The smallest absolute Gasteiger partial charge is 0.0683 e. The lowest BCUT2D eigenvalue weighted by atomic mass is 9.98. The maximum Gasteiger partial charge on any atom is 0.0683 e. The standard InChI is InChI=1S/C38H34NP2/c1-39(2)38(35-27-17-29-37(35)41(32-22-11-5-12-23-32)33-24-13-6-14-25-33)34-26-15-16-28-36(34)40(30-18-7-3-8-19-30)31-20-9-4-10-21-31/h3-20,22-26,28-29,38H,21H2,1-2H3/t38-,40?/m0/s1. The lowest BCUT2D eigenvalue weighted by molar-refractivity contribution is 0.343. The fourth-order valence-electron chi connectivity index (χ4n) is 5.69. The van der Waals surface area contributed by atoms with Gasteiger partial charge in [0.25, 0.3) is 0 Å². The van der Waals surface area contributed by atoms with Gasteiger partial charge in [0.05, 0.1) is 6.04 Å². The molecule has 0 spiro atoms. The maximum atomic E-state index is 3.74. The molecular weight excluding hydrogens is 532 g/mol. The summed E-state index contributed by atoms with van der Waals surface area (Å²) >= 11 is 0. The molecule has 6 rings (SSSR count). The van der Waals surface area contributed by atoms with E-state index in [1.54, 1.807) is 0 Å². The van der Waals surface area contributed by atoms with Crippen LogP contribution in [-0.2, 0) is 0 Å². The molecule has 1 unspecified atom stereocenters. The molecule has 2 aliphatic carbocycles. The van der Waals surface area contributed by atoms with Gasteiger partial charge in [-0.15, -0.1) is 5.73 Å². The Morgan fingerprint density at radius 3 is 1.78 bits per heavy atom. The molecule has 4 aromatic carbocycles. The Kier molecular flexibility index (Phi) is 8.72. The fourth-order valence-corrected chi connectivity index (χ4v) is 10.7. The van der Waals surface area contributed by atoms with Gasteiger partial charge in [0.1, 0.15) is 0 Å². The summed E-state index contributed by atoms with van der Waals surface area (Å²) in [6.45, 7) is 0. The zero-order chi connectivity index (χ0) is 28.0. The van der Waals surface area contributed by atoms with Crippen LogP contribution in [0.5, 0.6) is 0 Å². The Labute approximate surface area is 247 Å². The van der Waals surface area contributed by atoms with E-state index in [4.69, 9.17) is 0 Å². The van der Waals surface area contributed by atoms with Gasteiger partial charge < -0.3 is 0 Å². The lowest BCUT2D eigenvalue weighted by Gasteiger charge is -2.34. The van der Waals surface area contributed by atoms with E-state index in [1.165, 1.54) is 43.0 Å². The fraction of sp³-hybridized carbons (Fsp3) is 0.105. The van der Waals surface area contributed by atoms with Gasteiger partial charge in [0, 0.05) is 12.0 Å². The number of benzene rings is 4. The lowest BCUT2D eigenvalue weighted by Crippen LogP contribution is -2.29. The summed E-state index contributed by atoms with van der Waals surface area (Å²) < 4.78 is 0. The SMILES string of the molecule is CN(C)[C@H](C1=C=CC=C1P(c1ccccc1)c1ccccc1)c1ccccc1P(C1=C[CH]C=CC1)c1ccccc1. The summed E-state index contributed by atoms with van der Waals surface area (Å²) in [6, 6.07) is 42.3. The molecule has 0 amide bonds. The Morgan fingerprint density at radius 2 is 1.22 bits per heavy atom. The van der Waals surface area contributed by atoms with Crippen LogP contribution in [0.1, 0.15) is 18.0 Å². The first kappa shape index (κ1) is 27.6. The van der Waals surface area contributed by atoms with Crippen molar-refractivity contribution in [1.82, 2.24) is 4.90 Å². The van der Waals surface area contributed by atoms with E-state index in [0.29, 0.717) is 0 Å². The molecular formula is C38H34NP2. The van der Waals surface area contributed by atoms with Gasteiger partial charge in [-0.25, -0.2) is 0 Å². The molecule has 0 N–H and O–H groups in total. The van der Waals surface area contributed by atoms with Crippen LogP contribution in [-0.4, -0.2) is 19.0 Å². The normalized spacial score (nSPS) is 16.0. The monoisotopic (exact) mass is 566 g/mol. The highest BCUT2D eigenvalue weighted by molar-refractivity contribution is 7.77. The first-order chi connectivity index (χ1) is 20.2. The third kappa shape index (κ3) is 5.92. The van der Waals surface area contributed by atoms with Gasteiger partial charge in [-0.1, -0.05) is 133 Å². The van der Waals surface area contributed by atoms with Crippen molar-refractivity contribution in [1.29, 1.82) is 0 Å². The van der Waals surface area contributed by atoms with Crippen molar-refractivity contribution in [2.24, 2.45) is 0 Å². The second kappa shape index (κ2) is 13.0. The van der Waals surface area contributed by atoms with Crippen LogP contribution in [0.25, 0.3) is 0 Å². The van der Waals surface area contributed by atoms with Crippen LogP contribution in [0.3, 0.4) is 0 Å². The van der Waals surface area contributed by atoms with E-state index in [1.807, 2.05) is 0 Å². The molecule has 1 nitrogen and oxygen atoms in total. The molecule has 0 saturated carbocycles. The van der Waals surface area contributed by atoms with Crippen molar-refractivity contribution in [2.45, 2.75) is 12.5 Å². The molecule has 3 heteroatoms. The van der Waals surface area contributed by atoms with Crippen LogP contribution in [0.4, 0.5) is 0 Å². The predicted octanol–water partition coefficient (Wildman–Crippen LogP) is 7.88. The van der Waals surface area contributed by atoms with Crippen LogP contribution in [0, 0.1) is 6.42 Å². The summed E-state index contributed by atoms with van der Waals surface area (Å²) in [4.78, 5) is 2.37. The Bertz CT molecular complexity index is 1600. The van der Waals surface area contributed by atoms with Crippen molar-refractivity contribution in [2.75, 3.05) is 14.1 Å². The summed E-state index contributed by atoms with van der Waals surface area (Å²) in [5.41, 5.74) is 6.38. The first-order valence-corrected chi connectivity index (χ1v) is 16.8. The zero-order valence-corrected chi connectivity index (χ0v) is 25.3. The van der Waals surface area contributed by atoms with Gasteiger partial charge in [-0.2, -0.15) is 0 Å². The van der Waals surface area contributed by atoms with Crippen molar-refractivity contribution >= 4 is 37.1 Å². The number of likely N-dealkylation sites (N-methyl/N-ethyl adjacent to an activating group) is 1. The van der Waals surface area contributed by atoms with Crippen molar-refractivity contribution in [3.8, 4) is 0 Å². The molecule has 1 radical (unpaired) electrons. The minimum atomic E-state index is -0.736. The second-order valence-electron chi connectivity index (χ2n) is 10.4. The molecule has 0 fully saturated rings. The van der Waals surface area contributed by atoms with Gasteiger partial charge in [-0.05, 0) is 85.9 Å². The third-order valence-corrected chi connectivity index (χ3v) is 12.6. The Hall–Kier alpha value is -3.56. The van der Waals surface area contributed by atoms with Crippen LogP contribution >= 0.6 is 15.8 Å². The molecule has 0 bridgehead atoms. The summed E-state index contributed by atoms with van der Waals surface area (Å²) in [5, 5.41) is 8.41. The van der Waals surface area contributed by atoms with Crippen molar-refractivity contribution < 1.29 is 0 Å². The van der Waals surface area contributed by atoms with E-state index in [0.717, 1.165) is 6.42 Å². The van der Waals surface area contributed by atoms with E-state index >= 15 is 0 Å². The van der Waals surface area contributed by atoms with Gasteiger partial charge in [-0.3, -0.25) is 4.90 Å². The molecule has 0 aromatic heterocycles. The summed E-state index contributed by atoms with van der Waals surface area (Å²) in [6.07, 6.45) is 14.4. The highest BCUT2D eigenvalue weighted by Gasteiger charge is 2.33. The number of hydrogen-bond acceptors (Lipinski definition) is 1. The van der Waals surface area contributed by atoms with Crippen LogP contribution in [0.2, 0.25) is 0 Å². The molecule has 41 heavy (non-hydrogen) atoms. The molecule has 0 aliphatic heterocycles. The maximum absolute atomic E-state index is 3.74. The highest BCUT2D eigenvalue weighted by atomic mass is 31.1. The quantitative estimate of drug-likeness (QED) is 0.147. The first-order valence-electron chi connectivity index (χ1n) is 14.1. The molecule has 0 heterocycles. The van der Waals surface area contributed by atoms with Crippen molar-refractivity contribution in [3.63, 3.8) is 0 Å². The zero-order valence-electron chi connectivity index (χ0n) is 23.6. The summed E-state index contributed by atoms with van der Waals surface area (Å²) in [5.74, 6) is 0. The van der Waals surface area contributed by atoms with E-state index in [9.17, 15) is 0 Å². The van der Waals surface area contributed by atoms with Gasteiger partial charge in [0.15, 0.2) is 0 Å². The molecule has 2 aliphatic rings. The largest absolute Gasteiger partial charge is 0.298 e. The number of hydrogen-bond donors (Lipinski definition) is 0. The van der Waals surface area contributed by atoms with E-state index in [-0.39, 0.29) is 6.04 Å². The second-order valence-corrected chi connectivity index (χ2v) is 14.8. The average Bonchev–Trinajstić information content (AvgIpc) is 3.49. The Balaban J connectivity index is 1.48. The Morgan fingerprint density at radius 1 is 0.659 bits per heavy atom. The third-order valence-electron chi connectivity index (χ3n) is 7.45. The van der Waals surface area contributed by atoms with Crippen LogP contribution < -0.4 is 21.2 Å². The average molecular weight is 567 g/mol. The molecule has 201 valence electrons. The van der Waals surface area contributed by atoms with E-state index in [2.05, 4.69) is 177 Å². The molecule has 0 saturated heterocycles.